The molecule has 1 aromatic rings. The molecule has 1 aromatic heterocycles. The second-order valence-electron chi connectivity index (χ2n) is 6.88. The quantitative estimate of drug-likeness (QED) is 0.410. The number of anilines is 1. The van der Waals surface area contributed by atoms with E-state index in [1.807, 2.05) is 6.92 Å². The van der Waals surface area contributed by atoms with Crippen molar-refractivity contribution in [2.75, 3.05) is 12.0 Å². The first-order valence-corrected chi connectivity index (χ1v) is 10.4. The zero-order valence-corrected chi connectivity index (χ0v) is 16.9. The Kier molecular flexibility index (Phi) is 8.64. The van der Waals surface area contributed by atoms with E-state index in [4.69, 9.17) is 4.74 Å². The molecular weight excluding hydrogens is 362 g/mol. The smallest absolute Gasteiger partial charge is 0.276 e. The van der Waals surface area contributed by atoms with Crippen LogP contribution in [0.2, 0.25) is 0 Å². The second kappa shape index (κ2) is 11.0. The maximum Gasteiger partial charge on any atom is 0.276 e. The predicted octanol–water partition coefficient (Wildman–Crippen LogP) is 4.21. The van der Waals surface area contributed by atoms with E-state index in [1.54, 1.807) is 24.5 Å². The van der Waals surface area contributed by atoms with Crippen LogP contribution in [0.15, 0.2) is 36.4 Å². The van der Waals surface area contributed by atoms with E-state index < -0.39 is 0 Å². The lowest BCUT2D eigenvalue weighted by Gasteiger charge is -2.26. The van der Waals surface area contributed by atoms with Crippen LogP contribution >= 0.6 is 11.8 Å². The first-order valence-electron chi connectivity index (χ1n) is 9.56. The van der Waals surface area contributed by atoms with Crippen molar-refractivity contribution in [2.45, 2.75) is 63.5 Å². The number of unbranched alkanes of at least 4 members (excludes halogenated alkanes) is 5. The summed E-state index contributed by atoms with van der Waals surface area (Å²) in [7, 11) is 0. The third-order valence-electron chi connectivity index (χ3n) is 4.49. The average Bonchev–Trinajstić information content (AvgIpc) is 2.95. The molecule has 6 nitrogen and oxygen atoms in total. The lowest BCUT2D eigenvalue weighted by Crippen LogP contribution is -2.34. The molecule has 1 aliphatic rings. The van der Waals surface area contributed by atoms with Crippen molar-refractivity contribution in [2.24, 2.45) is 0 Å². The number of thioether (sulfide) groups is 1. The number of carbonyl (C=O) groups is 2. The third-order valence-corrected chi connectivity index (χ3v) is 5.66. The van der Waals surface area contributed by atoms with Crippen LogP contribution in [0.5, 0.6) is 0 Å². The summed E-state index contributed by atoms with van der Waals surface area (Å²) in [5.74, 6) is 0.295. The molecule has 0 aliphatic carbocycles. The largest absolute Gasteiger partial charge is 0.486 e. The van der Waals surface area contributed by atoms with Gasteiger partial charge in [0.1, 0.15) is 5.76 Å². The number of carbonyl (C=O) groups excluding carboxylic acids is 2. The number of ether oxygens (including phenoxy) is 1. The van der Waals surface area contributed by atoms with Crippen LogP contribution in [0, 0.1) is 0 Å². The van der Waals surface area contributed by atoms with E-state index >= 15 is 0 Å². The minimum atomic E-state index is -0.374. The van der Waals surface area contributed by atoms with Gasteiger partial charge in [0, 0.05) is 18.5 Å². The van der Waals surface area contributed by atoms with Gasteiger partial charge >= 0.3 is 0 Å². The summed E-state index contributed by atoms with van der Waals surface area (Å²) in [6.45, 7) is 4.09. The number of hydrogen-bond donors (Lipinski definition) is 2. The zero-order valence-electron chi connectivity index (χ0n) is 16.1. The molecule has 0 spiro atoms. The number of pyridine rings is 1. The lowest BCUT2D eigenvalue weighted by molar-refractivity contribution is -0.124. The van der Waals surface area contributed by atoms with Crippen LogP contribution in [0.1, 0.15) is 58.8 Å². The van der Waals surface area contributed by atoms with Crippen LogP contribution in [-0.2, 0) is 14.3 Å². The fourth-order valence-corrected chi connectivity index (χ4v) is 4.00. The van der Waals surface area contributed by atoms with Crippen LogP contribution in [0.4, 0.5) is 5.69 Å². The van der Waals surface area contributed by atoms with E-state index in [9.17, 15) is 9.59 Å². The first-order chi connectivity index (χ1) is 13.0. The fourth-order valence-electron chi connectivity index (χ4n) is 2.93. The molecule has 7 heteroatoms. The minimum Gasteiger partial charge on any atom is -0.486 e. The summed E-state index contributed by atoms with van der Waals surface area (Å²) in [6.07, 6.45) is 12.9. The van der Waals surface area contributed by atoms with Crippen molar-refractivity contribution in [3.63, 3.8) is 0 Å². The van der Waals surface area contributed by atoms with E-state index in [-0.39, 0.29) is 22.4 Å². The number of rotatable bonds is 12. The lowest BCUT2D eigenvalue weighted by atomic mass is 9.99. The van der Waals surface area contributed by atoms with E-state index in [2.05, 4.69) is 22.8 Å². The molecule has 2 rings (SSSR count). The number of nitrogens with zero attached hydrogens (tertiary/aromatic N) is 1. The highest BCUT2D eigenvalue weighted by Crippen LogP contribution is 2.43. The molecule has 0 bridgehead atoms. The molecule has 1 unspecified atom stereocenters. The van der Waals surface area contributed by atoms with Crippen LogP contribution in [0.3, 0.4) is 0 Å². The summed E-state index contributed by atoms with van der Waals surface area (Å²) in [4.78, 5) is 27.8. The molecule has 0 saturated heterocycles. The number of hydrogen-bond acceptors (Lipinski definition) is 6. The van der Waals surface area contributed by atoms with Gasteiger partial charge < -0.3 is 4.74 Å². The molecule has 0 fully saturated rings. The van der Waals surface area contributed by atoms with Crippen molar-refractivity contribution >= 4 is 28.5 Å². The molecule has 0 aromatic carbocycles. The van der Waals surface area contributed by atoms with Crippen molar-refractivity contribution in [3.05, 3.63) is 36.4 Å². The van der Waals surface area contributed by atoms with Gasteiger partial charge in [-0.1, -0.05) is 57.2 Å². The van der Waals surface area contributed by atoms with E-state index in [1.165, 1.54) is 43.5 Å². The highest BCUT2D eigenvalue weighted by atomic mass is 32.2. The molecule has 0 saturated carbocycles. The Morgan fingerprint density at radius 3 is 2.63 bits per heavy atom. The van der Waals surface area contributed by atoms with Crippen LogP contribution < -0.4 is 10.9 Å². The number of amides is 1. The summed E-state index contributed by atoms with van der Waals surface area (Å²) in [6, 6.07) is 3.49. The Morgan fingerprint density at radius 1 is 1.19 bits per heavy atom. The molecule has 1 aliphatic heterocycles. The van der Waals surface area contributed by atoms with Gasteiger partial charge in [-0.25, -0.2) is 0 Å². The molecule has 148 valence electrons. The highest BCUT2D eigenvalue weighted by Gasteiger charge is 2.39. The first kappa shape index (κ1) is 21.3. The van der Waals surface area contributed by atoms with Gasteiger partial charge in [0.15, 0.2) is 6.61 Å². The van der Waals surface area contributed by atoms with Gasteiger partial charge in [-0.05, 0) is 25.5 Å². The van der Waals surface area contributed by atoms with Crippen molar-refractivity contribution < 1.29 is 14.3 Å². The fraction of sp³-hybridized carbons (Fsp3) is 0.550. The topological polar surface area (TPSA) is 80.3 Å². The van der Waals surface area contributed by atoms with Crippen LogP contribution in [0.25, 0.3) is 0 Å². The van der Waals surface area contributed by atoms with Gasteiger partial charge in [-0.2, -0.15) is 0 Å². The number of aromatic nitrogens is 1. The van der Waals surface area contributed by atoms with Crippen LogP contribution in [-0.4, -0.2) is 27.4 Å². The predicted molar refractivity (Wildman–Crippen MR) is 109 cm³/mol. The summed E-state index contributed by atoms with van der Waals surface area (Å²) in [5, 5.41) is -0.00574. The van der Waals surface area contributed by atoms with Crippen molar-refractivity contribution in [1.82, 2.24) is 10.4 Å². The second-order valence-corrected chi connectivity index (χ2v) is 8.38. The van der Waals surface area contributed by atoms with Gasteiger partial charge in [0.25, 0.3) is 5.91 Å². The van der Waals surface area contributed by atoms with Crippen molar-refractivity contribution in [3.8, 4) is 0 Å². The maximum atomic E-state index is 12.0. The SMILES string of the molecule is CCCCCCCCC1(C)SC(=O)C=C1OCC(=O)NNc1ccncc1. The normalized spacial score (nSPS) is 18.9. The average molecular weight is 392 g/mol. The third kappa shape index (κ3) is 7.25. The number of nitrogens with one attached hydrogen (secondary N) is 2. The molecule has 2 N–H and O–H groups in total. The van der Waals surface area contributed by atoms with Gasteiger partial charge in [0.05, 0.1) is 10.4 Å². The Hall–Kier alpha value is -2.02. The standard InChI is InChI=1S/C20H29N3O3S/c1-3-4-5-6-7-8-11-20(2)17(14-19(25)27-20)26-15-18(24)23-22-16-9-12-21-13-10-16/h9-10,12-14H,3-8,11,15H2,1-2H3,(H,21,22)(H,23,24). The summed E-state index contributed by atoms with van der Waals surface area (Å²) < 4.78 is 5.32. The van der Waals surface area contributed by atoms with Crippen molar-refractivity contribution in [1.29, 1.82) is 0 Å². The zero-order chi connectivity index (χ0) is 19.5. The molecule has 27 heavy (non-hydrogen) atoms. The monoisotopic (exact) mass is 391 g/mol. The Balaban J connectivity index is 1.74. The molecule has 1 atom stereocenters. The number of hydrazine groups is 1. The Labute approximate surface area is 165 Å². The molecule has 1 amide bonds. The summed E-state index contributed by atoms with van der Waals surface area (Å²) in [5.41, 5.74) is 6.10. The van der Waals surface area contributed by atoms with Gasteiger partial charge in [-0.15, -0.1) is 0 Å². The van der Waals surface area contributed by atoms with E-state index in [0.717, 1.165) is 24.9 Å². The maximum absolute atomic E-state index is 12.0. The molecule has 0 radical (unpaired) electrons. The Morgan fingerprint density at radius 2 is 1.89 bits per heavy atom. The van der Waals surface area contributed by atoms with Gasteiger partial charge in [0.2, 0.25) is 5.12 Å². The van der Waals surface area contributed by atoms with Gasteiger partial charge in [-0.3, -0.25) is 25.4 Å². The molecule has 2 heterocycles. The highest BCUT2D eigenvalue weighted by molar-refractivity contribution is 8.15. The molecular formula is C20H29N3O3S. The summed E-state index contributed by atoms with van der Waals surface area (Å²) >= 11 is 1.30. The minimum absolute atomic E-state index is 0.00574. The van der Waals surface area contributed by atoms with E-state index in [0.29, 0.717) is 5.76 Å². The Bertz CT molecular complexity index is 651.